The van der Waals surface area contributed by atoms with E-state index >= 15 is 0 Å². The molecule has 0 saturated heterocycles. The molecular weight excluding hydrogens is 184 g/mol. The van der Waals surface area contributed by atoms with Crippen molar-refractivity contribution in [1.82, 2.24) is 0 Å². The van der Waals surface area contributed by atoms with E-state index in [1.165, 1.54) is 0 Å². The minimum absolute atomic E-state index is 0.0111. The quantitative estimate of drug-likeness (QED) is 0.269. The van der Waals surface area contributed by atoms with Gasteiger partial charge in [-0.15, -0.1) is 11.6 Å². The van der Waals surface area contributed by atoms with Crippen molar-refractivity contribution in [2.45, 2.75) is 19.3 Å². The Morgan fingerprint density at radius 3 is 2.58 bits per heavy atom. The summed E-state index contributed by atoms with van der Waals surface area (Å²) in [5, 5.41) is 0. The first-order valence-corrected chi connectivity index (χ1v) is 3.95. The van der Waals surface area contributed by atoms with Gasteiger partial charge in [0.1, 0.15) is 12.2 Å². The highest BCUT2D eigenvalue weighted by Crippen LogP contribution is 1.97. The lowest BCUT2D eigenvalue weighted by Gasteiger charge is -1.95. The molecule has 0 heterocycles. The molecule has 0 bridgehead atoms. The van der Waals surface area contributed by atoms with Gasteiger partial charge in [-0.2, -0.15) is 0 Å². The summed E-state index contributed by atoms with van der Waals surface area (Å²) in [5.41, 5.74) is 0. The van der Waals surface area contributed by atoms with E-state index in [9.17, 15) is 14.4 Å². The van der Waals surface area contributed by atoms with Crippen molar-refractivity contribution in [3.8, 4) is 0 Å². The van der Waals surface area contributed by atoms with Crippen molar-refractivity contribution in [2.24, 2.45) is 0 Å². The van der Waals surface area contributed by atoms with Crippen molar-refractivity contribution in [1.29, 1.82) is 0 Å². The van der Waals surface area contributed by atoms with E-state index in [-0.39, 0.29) is 25.1 Å². The van der Waals surface area contributed by atoms with E-state index in [2.05, 4.69) is 4.74 Å². The van der Waals surface area contributed by atoms with Crippen LogP contribution in [0.15, 0.2) is 0 Å². The van der Waals surface area contributed by atoms with Gasteiger partial charge < -0.3 is 4.74 Å². The zero-order chi connectivity index (χ0) is 9.40. The average molecular weight is 193 g/mol. The molecule has 0 rings (SSSR count). The van der Waals surface area contributed by atoms with Gasteiger partial charge in [-0.1, -0.05) is 0 Å². The van der Waals surface area contributed by atoms with Gasteiger partial charge in [0.15, 0.2) is 0 Å². The Morgan fingerprint density at radius 1 is 1.42 bits per heavy atom. The molecule has 12 heavy (non-hydrogen) atoms. The molecule has 5 heteroatoms. The predicted octanol–water partition coefficient (Wildman–Crippen LogP) is 0.664. The molecule has 0 N–H and O–H groups in total. The van der Waals surface area contributed by atoms with Gasteiger partial charge in [-0.25, -0.2) is 0 Å². The normalized spacial score (nSPS) is 9.08. The third-order valence-electron chi connectivity index (χ3n) is 1.11. The van der Waals surface area contributed by atoms with Crippen LogP contribution in [-0.2, 0) is 19.1 Å². The number of ketones is 1. The van der Waals surface area contributed by atoms with Crippen LogP contribution in [0.25, 0.3) is 0 Å². The zero-order valence-electron chi connectivity index (χ0n) is 6.42. The standard InChI is InChI=1S/C7H9ClO4/c8-3-1-2-6(10)4-7(11)12-5-9/h5H,1-4H2. The number of carbonyl (C=O) groups is 3. The SMILES string of the molecule is O=COC(=O)CC(=O)CCCCl. The predicted molar refractivity (Wildman–Crippen MR) is 41.7 cm³/mol. The second kappa shape index (κ2) is 6.79. The summed E-state index contributed by atoms with van der Waals surface area (Å²) in [6.45, 7) is 0.0111. The molecule has 0 unspecified atom stereocenters. The van der Waals surface area contributed by atoms with E-state index in [4.69, 9.17) is 11.6 Å². The van der Waals surface area contributed by atoms with Crippen molar-refractivity contribution in [2.75, 3.05) is 5.88 Å². The Kier molecular flexibility index (Phi) is 6.28. The fraction of sp³-hybridized carbons (Fsp3) is 0.571. The van der Waals surface area contributed by atoms with Gasteiger partial charge in [0.05, 0.1) is 0 Å². The summed E-state index contributed by atoms with van der Waals surface area (Å²) < 4.78 is 3.92. The van der Waals surface area contributed by atoms with Gasteiger partial charge in [0, 0.05) is 12.3 Å². The molecule has 0 aromatic carbocycles. The van der Waals surface area contributed by atoms with E-state index in [0.29, 0.717) is 12.3 Å². The molecule has 68 valence electrons. The molecule has 0 aromatic heterocycles. The topological polar surface area (TPSA) is 60.4 Å². The first-order valence-electron chi connectivity index (χ1n) is 3.41. The number of ether oxygens (including phenoxy) is 1. The third kappa shape index (κ3) is 5.85. The number of rotatable bonds is 6. The van der Waals surface area contributed by atoms with Crippen LogP contribution in [0.1, 0.15) is 19.3 Å². The molecule has 0 spiro atoms. The Morgan fingerprint density at radius 2 is 2.08 bits per heavy atom. The number of carbonyl (C=O) groups excluding carboxylic acids is 3. The smallest absolute Gasteiger partial charge is 0.320 e. The zero-order valence-corrected chi connectivity index (χ0v) is 7.17. The minimum Gasteiger partial charge on any atom is -0.395 e. The Labute approximate surface area is 74.8 Å². The molecular formula is C7H9ClO4. The summed E-state index contributed by atoms with van der Waals surface area (Å²) in [5.74, 6) is -0.693. The summed E-state index contributed by atoms with van der Waals surface area (Å²) >= 11 is 5.32. The minimum atomic E-state index is -0.815. The highest BCUT2D eigenvalue weighted by atomic mass is 35.5. The lowest BCUT2D eigenvalue weighted by atomic mass is 10.2. The fourth-order valence-corrected chi connectivity index (χ4v) is 0.742. The van der Waals surface area contributed by atoms with E-state index in [1.54, 1.807) is 0 Å². The van der Waals surface area contributed by atoms with Crippen LogP contribution in [0.4, 0.5) is 0 Å². The van der Waals surface area contributed by atoms with Gasteiger partial charge in [0.25, 0.3) is 0 Å². The Balaban J connectivity index is 3.54. The summed E-state index contributed by atoms with van der Waals surface area (Å²) in [7, 11) is 0. The molecule has 0 aromatic rings. The number of esters is 1. The highest BCUT2D eigenvalue weighted by molar-refractivity contribution is 6.18. The monoisotopic (exact) mass is 192 g/mol. The maximum Gasteiger partial charge on any atom is 0.320 e. The van der Waals surface area contributed by atoms with E-state index in [0.717, 1.165) is 0 Å². The maximum absolute atomic E-state index is 10.8. The number of alkyl halides is 1. The molecule has 0 radical (unpaired) electrons. The van der Waals surface area contributed by atoms with Crippen LogP contribution in [0.3, 0.4) is 0 Å². The Bertz CT molecular complexity index is 178. The molecule has 4 nitrogen and oxygen atoms in total. The molecule has 0 aliphatic carbocycles. The molecule has 0 aliphatic heterocycles. The molecule has 0 amide bonds. The summed E-state index contributed by atoms with van der Waals surface area (Å²) in [4.78, 5) is 31.0. The molecule has 0 fully saturated rings. The lowest BCUT2D eigenvalue weighted by Crippen LogP contribution is -2.10. The number of hydrogen-bond acceptors (Lipinski definition) is 4. The van der Waals surface area contributed by atoms with Gasteiger partial charge in [-0.3, -0.25) is 14.4 Å². The number of Topliss-reactive ketones (excluding diaryl/α,β-unsaturated/α-hetero) is 1. The van der Waals surface area contributed by atoms with Crippen molar-refractivity contribution < 1.29 is 19.1 Å². The second-order valence-corrected chi connectivity index (χ2v) is 2.47. The van der Waals surface area contributed by atoms with Crippen molar-refractivity contribution in [3.63, 3.8) is 0 Å². The summed E-state index contributed by atoms with van der Waals surface area (Å²) in [6, 6.07) is 0. The molecule has 0 saturated carbocycles. The highest BCUT2D eigenvalue weighted by Gasteiger charge is 2.09. The van der Waals surface area contributed by atoms with Crippen LogP contribution >= 0.6 is 11.6 Å². The van der Waals surface area contributed by atoms with Crippen LogP contribution < -0.4 is 0 Å². The number of hydrogen-bond donors (Lipinski definition) is 0. The Hall–Kier alpha value is -0.900. The van der Waals surface area contributed by atoms with Gasteiger partial charge >= 0.3 is 12.4 Å². The van der Waals surface area contributed by atoms with Crippen LogP contribution in [0, 0.1) is 0 Å². The number of halogens is 1. The second-order valence-electron chi connectivity index (χ2n) is 2.09. The fourth-order valence-electron chi connectivity index (χ4n) is 0.609. The van der Waals surface area contributed by atoms with Crippen LogP contribution in [-0.4, -0.2) is 24.1 Å². The lowest BCUT2D eigenvalue weighted by molar-refractivity contribution is -0.152. The van der Waals surface area contributed by atoms with Gasteiger partial charge in [0.2, 0.25) is 0 Å². The van der Waals surface area contributed by atoms with E-state index in [1.807, 2.05) is 0 Å². The molecule has 0 aliphatic rings. The van der Waals surface area contributed by atoms with Crippen molar-refractivity contribution in [3.05, 3.63) is 0 Å². The van der Waals surface area contributed by atoms with Crippen LogP contribution in [0.5, 0.6) is 0 Å². The molecule has 0 atom stereocenters. The third-order valence-corrected chi connectivity index (χ3v) is 1.38. The van der Waals surface area contributed by atoms with Crippen LogP contribution in [0.2, 0.25) is 0 Å². The first-order chi connectivity index (χ1) is 5.70. The maximum atomic E-state index is 10.8. The first kappa shape index (κ1) is 11.1. The van der Waals surface area contributed by atoms with E-state index < -0.39 is 5.97 Å². The van der Waals surface area contributed by atoms with Crippen molar-refractivity contribution >= 4 is 29.8 Å². The van der Waals surface area contributed by atoms with Gasteiger partial charge in [-0.05, 0) is 6.42 Å². The summed E-state index contributed by atoms with van der Waals surface area (Å²) in [6.07, 6.45) is 0.432. The largest absolute Gasteiger partial charge is 0.395 e. The average Bonchev–Trinajstić information content (AvgIpc) is 2.01.